The summed E-state index contributed by atoms with van der Waals surface area (Å²) >= 11 is 9.19. The van der Waals surface area contributed by atoms with Gasteiger partial charge in [-0.3, -0.25) is 4.79 Å². The van der Waals surface area contributed by atoms with Gasteiger partial charge in [-0.25, -0.2) is 4.39 Å². The van der Waals surface area contributed by atoms with Crippen molar-refractivity contribution in [2.24, 2.45) is 0 Å². The second-order valence-corrected chi connectivity index (χ2v) is 7.13. The fourth-order valence-electron chi connectivity index (χ4n) is 3.35. The Bertz CT molecular complexity index is 846. The van der Waals surface area contributed by atoms with Crippen molar-refractivity contribution in [2.45, 2.75) is 12.5 Å². The fourth-order valence-corrected chi connectivity index (χ4v) is 3.88. The molecule has 3 rings (SSSR count). The van der Waals surface area contributed by atoms with Crippen LogP contribution in [0.25, 0.3) is 0 Å². The molecule has 0 saturated heterocycles. The van der Waals surface area contributed by atoms with Gasteiger partial charge in [0, 0.05) is 16.6 Å². The van der Waals surface area contributed by atoms with Crippen molar-refractivity contribution in [3.05, 3.63) is 57.3 Å². The first-order valence-electron chi connectivity index (χ1n) is 8.05. The van der Waals surface area contributed by atoms with Crippen molar-refractivity contribution >= 4 is 33.4 Å². The molecule has 2 aromatic rings. The van der Waals surface area contributed by atoms with Crippen LogP contribution in [0.3, 0.4) is 0 Å². The zero-order valence-electron chi connectivity index (χ0n) is 14.4. The lowest BCUT2D eigenvalue weighted by Gasteiger charge is -2.38. The molecule has 7 heteroatoms. The van der Waals surface area contributed by atoms with Crippen LogP contribution >= 0.6 is 27.5 Å². The van der Waals surface area contributed by atoms with E-state index in [1.165, 1.54) is 6.07 Å². The highest BCUT2D eigenvalue weighted by atomic mass is 79.9. The van der Waals surface area contributed by atoms with Crippen molar-refractivity contribution in [3.8, 4) is 11.5 Å². The van der Waals surface area contributed by atoms with Gasteiger partial charge in [0.2, 0.25) is 5.91 Å². The number of fused-ring (bicyclic) bond motifs is 1. The SMILES string of the molecule is COc1cc2c(cc1OC)[C@@H](c1cc(Br)ccc1F)N(C(=O)CCl)CC2. The van der Waals surface area contributed by atoms with Crippen LogP contribution in [0.15, 0.2) is 34.8 Å². The highest BCUT2D eigenvalue weighted by molar-refractivity contribution is 9.10. The van der Waals surface area contributed by atoms with E-state index in [0.717, 1.165) is 15.6 Å². The molecule has 1 amide bonds. The minimum atomic E-state index is -0.581. The summed E-state index contributed by atoms with van der Waals surface area (Å²) < 4.78 is 26.2. The number of benzene rings is 2. The molecule has 0 bridgehead atoms. The summed E-state index contributed by atoms with van der Waals surface area (Å²) in [5.41, 5.74) is 2.21. The number of ether oxygens (including phenoxy) is 2. The van der Waals surface area contributed by atoms with Crippen molar-refractivity contribution < 1.29 is 18.7 Å². The van der Waals surface area contributed by atoms with Gasteiger partial charge in [-0.05, 0) is 47.9 Å². The highest BCUT2D eigenvalue weighted by Gasteiger charge is 2.34. The molecule has 1 aliphatic rings. The number of halogens is 3. The molecule has 138 valence electrons. The van der Waals surface area contributed by atoms with E-state index in [-0.39, 0.29) is 17.6 Å². The highest BCUT2D eigenvalue weighted by Crippen LogP contribution is 2.42. The zero-order chi connectivity index (χ0) is 18.8. The molecule has 2 aromatic carbocycles. The van der Waals surface area contributed by atoms with Gasteiger partial charge in [0.15, 0.2) is 11.5 Å². The van der Waals surface area contributed by atoms with Gasteiger partial charge in [0.05, 0.1) is 20.3 Å². The number of hydrogen-bond donors (Lipinski definition) is 0. The number of nitrogens with zero attached hydrogens (tertiary/aromatic N) is 1. The van der Waals surface area contributed by atoms with Gasteiger partial charge in [0.25, 0.3) is 0 Å². The van der Waals surface area contributed by atoms with E-state index >= 15 is 0 Å². The summed E-state index contributed by atoms with van der Waals surface area (Å²) in [7, 11) is 3.12. The summed E-state index contributed by atoms with van der Waals surface area (Å²) in [6, 6.07) is 7.83. The minimum absolute atomic E-state index is 0.158. The van der Waals surface area contributed by atoms with E-state index in [1.54, 1.807) is 31.3 Å². The molecule has 0 fully saturated rings. The Kier molecular flexibility index (Phi) is 5.73. The summed E-state index contributed by atoms with van der Waals surface area (Å²) in [5.74, 6) is 0.364. The van der Waals surface area contributed by atoms with Gasteiger partial charge < -0.3 is 14.4 Å². The average molecular weight is 443 g/mol. The van der Waals surface area contributed by atoms with Crippen molar-refractivity contribution in [1.82, 2.24) is 4.90 Å². The minimum Gasteiger partial charge on any atom is -0.493 e. The van der Waals surface area contributed by atoms with E-state index in [2.05, 4.69) is 15.9 Å². The topological polar surface area (TPSA) is 38.8 Å². The maximum absolute atomic E-state index is 14.7. The molecule has 4 nitrogen and oxygen atoms in total. The number of alkyl halides is 1. The van der Waals surface area contributed by atoms with E-state index in [4.69, 9.17) is 21.1 Å². The van der Waals surface area contributed by atoms with Crippen LogP contribution < -0.4 is 9.47 Å². The number of amides is 1. The molecule has 26 heavy (non-hydrogen) atoms. The molecule has 1 aliphatic heterocycles. The predicted octanol–water partition coefficient (Wildman–Crippen LogP) is 4.32. The molecule has 0 spiro atoms. The summed E-state index contributed by atoms with van der Waals surface area (Å²) in [5, 5.41) is 0. The Morgan fingerprint density at radius 1 is 1.23 bits per heavy atom. The van der Waals surface area contributed by atoms with Gasteiger partial charge >= 0.3 is 0 Å². The second-order valence-electron chi connectivity index (χ2n) is 5.95. The maximum atomic E-state index is 14.7. The van der Waals surface area contributed by atoms with E-state index in [1.807, 2.05) is 12.1 Å². The van der Waals surface area contributed by atoms with E-state index < -0.39 is 6.04 Å². The van der Waals surface area contributed by atoms with Gasteiger partial charge in [-0.1, -0.05) is 15.9 Å². The first-order valence-corrected chi connectivity index (χ1v) is 9.38. The van der Waals surface area contributed by atoms with Gasteiger partial charge in [-0.2, -0.15) is 0 Å². The van der Waals surface area contributed by atoms with Crippen LogP contribution in [0.5, 0.6) is 11.5 Å². The third-order valence-corrected chi connectivity index (χ3v) is 5.28. The molecule has 0 unspecified atom stereocenters. The predicted molar refractivity (Wildman–Crippen MR) is 102 cm³/mol. The second kappa shape index (κ2) is 7.84. The average Bonchev–Trinajstić information content (AvgIpc) is 2.67. The lowest BCUT2D eigenvalue weighted by atomic mass is 9.87. The molecule has 0 radical (unpaired) electrons. The zero-order valence-corrected chi connectivity index (χ0v) is 16.7. The molecule has 0 saturated carbocycles. The number of rotatable bonds is 4. The summed E-state index contributed by atoms with van der Waals surface area (Å²) in [4.78, 5) is 14.1. The monoisotopic (exact) mass is 441 g/mol. The Hall–Kier alpha value is -1.79. The van der Waals surface area contributed by atoms with Crippen molar-refractivity contribution in [3.63, 3.8) is 0 Å². The Morgan fingerprint density at radius 3 is 2.58 bits per heavy atom. The number of carbonyl (C=O) groups is 1. The van der Waals surface area contributed by atoms with Crippen LogP contribution in [0.2, 0.25) is 0 Å². The Balaban J connectivity index is 2.22. The van der Waals surface area contributed by atoms with Crippen LogP contribution in [0, 0.1) is 5.82 Å². The Labute approximate surface area is 165 Å². The molecular weight excluding hydrogens is 425 g/mol. The van der Waals surface area contributed by atoms with E-state index in [9.17, 15) is 9.18 Å². The summed E-state index contributed by atoms with van der Waals surface area (Å²) in [6.45, 7) is 0.449. The molecular formula is C19H18BrClFNO3. The van der Waals surface area contributed by atoms with Crippen molar-refractivity contribution in [2.75, 3.05) is 26.6 Å². The van der Waals surface area contributed by atoms with Crippen LogP contribution in [-0.4, -0.2) is 37.5 Å². The number of hydrogen-bond acceptors (Lipinski definition) is 3. The summed E-state index contributed by atoms with van der Waals surface area (Å²) in [6.07, 6.45) is 0.629. The smallest absolute Gasteiger partial charge is 0.238 e. The molecule has 0 aliphatic carbocycles. The van der Waals surface area contributed by atoms with Crippen LogP contribution in [-0.2, 0) is 11.2 Å². The largest absolute Gasteiger partial charge is 0.493 e. The van der Waals surface area contributed by atoms with Gasteiger partial charge in [-0.15, -0.1) is 11.6 Å². The van der Waals surface area contributed by atoms with Crippen LogP contribution in [0.1, 0.15) is 22.7 Å². The standard InChI is InChI=1S/C19H18BrClFNO3/c1-25-16-7-11-5-6-23(18(24)10-21)19(13(11)9-17(16)26-2)14-8-12(20)3-4-15(14)22/h3-4,7-9,19H,5-6,10H2,1-2H3/t19-/m0/s1. The third-order valence-electron chi connectivity index (χ3n) is 4.56. The molecule has 0 aromatic heterocycles. The van der Waals surface area contributed by atoms with Crippen molar-refractivity contribution in [1.29, 1.82) is 0 Å². The fraction of sp³-hybridized carbons (Fsp3) is 0.316. The lowest BCUT2D eigenvalue weighted by Crippen LogP contribution is -2.41. The van der Waals surface area contributed by atoms with Crippen LogP contribution in [0.4, 0.5) is 4.39 Å². The normalized spacial score (nSPS) is 16.2. The number of carbonyl (C=O) groups excluding carboxylic acids is 1. The molecule has 0 N–H and O–H groups in total. The maximum Gasteiger partial charge on any atom is 0.238 e. The first kappa shape index (κ1) is 19.0. The Morgan fingerprint density at radius 2 is 1.92 bits per heavy atom. The first-order chi connectivity index (χ1) is 12.5. The van der Waals surface area contributed by atoms with E-state index in [0.29, 0.717) is 30.0 Å². The molecule has 1 heterocycles. The third kappa shape index (κ3) is 3.40. The molecule has 1 atom stereocenters. The quantitative estimate of drug-likeness (QED) is 0.662. The number of methoxy groups -OCH3 is 2. The van der Waals surface area contributed by atoms with Gasteiger partial charge in [0.1, 0.15) is 11.7 Å². The lowest BCUT2D eigenvalue weighted by molar-refractivity contribution is -0.130.